The summed E-state index contributed by atoms with van der Waals surface area (Å²) in [5.41, 5.74) is 0.563. The average Bonchev–Trinajstić information content (AvgIpc) is 3.14. The minimum absolute atomic E-state index is 0. The van der Waals surface area contributed by atoms with Gasteiger partial charge >= 0.3 is 0 Å². The first kappa shape index (κ1) is 23.9. The highest BCUT2D eigenvalue weighted by Crippen LogP contribution is 2.15. The number of carbonyl (C=O) groups excluding carboxylic acids is 1. The molecular weight excluding hydrogens is 481 g/mol. The van der Waals surface area contributed by atoms with Crippen LogP contribution in [0.15, 0.2) is 46.0 Å². The molecule has 0 fully saturated rings. The Morgan fingerprint density at radius 2 is 2.00 bits per heavy atom. The number of hydrogen-bond acceptors (Lipinski definition) is 3. The van der Waals surface area contributed by atoms with Crippen molar-refractivity contribution < 1.29 is 18.0 Å². The third kappa shape index (κ3) is 7.45. The highest BCUT2D eigenvalue weighted by molar-refractivity contribution is 14.0. The number of benzene rings is 1. The standard InChI is InChI=1S/C19H24F2N4O2.HI/c1-13(14-6-7-16(20)17(21)11-14)24-19(23-12-18(26)25(2)3)22-9-8-15-5-4-10-27-15;/h4-7,10-11,13H,8-9,12H2,1-3H3,(H2,22,23,24);1H. The number of guanidine groups is 1. The first-order chi connectivity index (χ1) is 12.9. The second kappa shape index (κ2) is 11.6. The molecule has 154 valence electrons. The Morgan fingerprint density at radius 1 is 1.25 bits per heavy atom. The predicted octanol–water partition coefficient (Wildman–Crippen LogP) is 3.10. The van der Waals surface area contributed by atoms with Crippen LogP contribution in [0.4, 0.5) is 8.78 Å². The molecule has 0 aliphatic rings. The lowest BCUT2D eigenvalue weighted by Gasteiger charge is -2.19. The van der Waals surface area contributed by atoms with Crippen molar-refractivity contribution in [2.75, 3.05) is 27.2 Å². The quantitative estimate of drug-likeness (QED) is 0.344. The van der Waals surface area contributed by atoms with E-state index in [-0.39, 0.29) is 42.5 Å². The summed E-state index contributed by atoms with van der Waals surface area (Å²) < 4.78 is 31.9. The lowest BCUT2D eigenvalue weighted by atomic mass is 10.1. The summed E-state index contributed by atoms with van der Waals surface area (Å²) >= 11 is 0. The Morgan fingerprint density at radius 3 is 2.61 bits per heavy atom. The molecule has 0 aliphatic heterocycles. The summed E-state index contributed by atoms with van der Waals surface area (Å²) in [5.74, 6) is -0.738. The molecule has 0 bridgehead atoms. The van der Waals surface area contributed by atoms with Gasteiger partial charge < -0.3 is 20.0 Å². The summed E-state index contributed by atoms with van der Waals surface area (Å²) in [6.45, 7) is 2.29. The molecule has 0 saturated heterocycles. The van der Waals surface area contributed by atoms with Crippen LogP contribution in [0.3, 0.4) is 0 Å². The molecule has 1 heterocycles. The van der Waals surface area contributed by atoms with E-state index in [1.807, 2.05) is 12.1 Å². The second-order valence-corrected chi connectivity index (χ2v) is 6.25. The maximum atomic E-state index is 13.5. The molecule has 28 heavy (non-hydrogen) atoms. The van der Waals surface area contributed by atoms with E-state index in [1.54, 1.807) is 27.3 Å². The van der Waals surface area contributed by atoms with E-state index >= 15 is 0 Å². The Hall–Kier alpha value is -2.17. The van der Waals surface area contributed by atoms with Crippen molar-refractivity contribution in [3.63, 3.8) is 0 Å². The molecule has 0 spiro atoms. The van der Waals surface area contributed by atoms with Crippen LogP contribution in [0.5, 0.6) is 0 Å². The molecule has 1 aromatic carbocycles. The van der Waals surface area contributed by atoms with Gasteiger partial charge in [0.2, 0.25) is 5.91 Å². The van der Waals surface area contributed by atoms with E-state index in [4.69, 9.17) is 4.42 Å². The molecule has 1 atom stereocenters. The molecule has 6 nitrogen and oxygen atoms in total. The van der Waals surface area contributed by atoms with E-state index in [0.29, 0.717) is 24.5 Å². The normalized spacial score (nSPS) is 12.1. The molecule has 9 heteroatoms. The highest BCUT2D eigenvalue weighted by atomic mass is 127. The number of likely N-dealkylation sites (N-methyl/N-ethyl adjacent to an activating group) is 1. The van der Waals surface area contributed by atoms with Crippen molar-refractivity contribution in [2.45, 2.75) is 19.4 Å². The van der Waals surface area contributed by atoms with E-state index in [0.717, 1.165) is 17.9 Å². The zero-order valence-electron chi connectivity index (χ0n) is 16.0. The number of nitrogens with one attached hydrogen (secondary N) is 2. The Bertz CT molecular complexity index is 782. The summed E-state index contributed by atoms with van der Waals surface area (Å²) in [7, 11) is 3.30. The van der Waals surface area contributed by atoms with Crippen LogP contribution in [0.1, 0.15) is 24.3 Å². The molecule has 1 amide bonds. The van der Waals surface area contributed by atoms with Crippen LogP contribution in [0.2, 0.25) is 0 Å². The van der Waals surface area contributed by atoms with Crippen LogP contribution in [-0.4, -0.2) is 44.0 Å². The van der Waals surface area contributed by atoms with Gasteiger partial charge in [0, 0.05) is 27.1 Å². The third-order valence-corrected chi connectivity index (χ3v) is 3.91. The van der Waals surface area contributed by atoms with E-state index in [2.05, 4.69) is 15.6 Å². The zero-order chi connectivity index (χ0) is 19.8. The fourth-order valence-electron chi connectivity index (χ4n) is 2.27. The molecule has 2 aromatic rings. The molecule has 2 rings (SSSR count). The van der Waals surface area contributed by atoms with Gasteiger partial charge in [0.1, 0.15) is 12.3 Å². The van der Waals surface area contributed by atoms with Crippen molar-refractivity contribution in [3.8, 4) is 0 Å². The fourth-order valence-corrected chi connectivity index (χ4v) is 2.27. The third-order valence-electron chi connectivity index (χ3n) is 3.91. The highest BCUT2D eigenvalue weighted by Gasteiger charge is 2.12. The smallest absolute Gasteiger partial charge is 0.243 e. The largest absolute Gasteiger partial charge is 0.469 e. The Labute approximate surface area is 180 Å². The molecule has 1 aromatic heterocycles. The molecule has 2 N–H and O–H groups in total. The monoisotopic (exact) mass is 506 g/mol. The van der Waals surface area contributed by atoms with Gasteiger partial charge in [-0.1, -0.05) is 6.07 Å². The number of rotatable bonds is 7. The van der Waals surface area contributed by atoms with Gasteiger partial charge in [-0.3, -0.25) is 4.79 Å². The molecule has 0 radical (unpaired) electrons. The number of furan rings is 1. The molecule has 1 unspecified atom stereocenters. The number of halogens is 3. The van der Waals surface area contributed by atoms with Gasteiger partial charge in [0.25, 0.3) is 0 Å². The first-order valence-corrected chi connectivity index (χ1v) is 8.59. The van der Waals surface area contributed by atoms with Gasteiger partial charge in [-0.2, -0.15) is 0 Å². The van der Waals surface area contributed by atoms with Gasteiger partial charge in [0.15, 0.2) is 17.6 Å². The average molecular weight is 506 g/mol. The SMILES string of the molecule is CC(NC(=NCC(=O)N(C)C)NCCc1ccco1)c1ccc(F)c(F)c1.I. The Balaban J connectivity index is 0.00000392. The van der Waals surface area contributed by atoms with Gasteiger partial charge in [-0.25, -0.2) is 13.8 Å². The molecular formula is C19H25F2IN4O2. The topological polar surface area (TPSA) is 69.9 Å². The second-order valence-electron chi connectivity index (χ2n) is 6.25. The molecule has 0 aliphatic carbocycles. The van der Waals surface area contributed by atoms with Crippen molar-refractivity contribution in [1.29, 1.82) is 0 Å². The lowest BCUT2D eigenvalue weighted by Crippen LogP contribution is -2.40. The summed E-state index contributed by atoms with van der Waals surface area (Å²) in [6.07, 6.45) is 2.23. The number of hydrogen-bond donors (Lipinski definition) is 2. The number of nitrogens with zero attached hydrogens (tertiary/aromatic N) is 2. The summed E-state index contributed by atoms with van der Waals surface area (Å²) in [4.78, 5) is 17.5. The Kier molecular flexibility index (Phi) is 9.91. The van der Waals surface area contributed by atoms with Crippen LogP contribution in [0.25, 0.3) is 0 Å². The zero-order valence-corrected chi connectivity index (χ0v) is 18.4. The number of aliphatic imine (C=N–C) groups is 1. The van der Waals surface area contributed by atoms with Crippen LogP contribution in [-0.2, 0) is 11.2 Å². The maximum absolute atomic E-state index is 13.5. The lowest BCUT2D eigenvalue weighted by molar-refractivity contribution is -0.127. The van der Waals surface area contributed by atoms with Crippen molar-refractivity contribution in [3.05, 3.63) is 59.6 Å². The van der Waals surface area contributed by atoms with Crippen molar-refractivity contribution in [2.24, 2.45) is 4.99 Å². The van der Waals surface area contributed by atoms with Crippen LogP contribution >= 0.6 is 24.0 Å². The minimum Gasteiger partial charge on any atom is -0.469 e. The van der Waals surface area contributed by atoms with E-state index < -0.39 is 11.6 Å². The van der Waals surface area contributed by atoms with E-state index in [1.165, 1.54) is 11.0 Å². The summed E-state index contributed by atoms with van der Waals surface area (Å²) in [5, 5.41) is 6.22. The van der Waals surface area contributed by atoms with Gasteiger partial charge in [0.05, 0.1) is 12.3 Å². The number of carbonyl (C=O) groups is 1. The van der Waals surface area contributed by atoms with E-state index in [9.17, 15) is 13.6 Å². The number of amides is 1. The van der Waals surface area contributed by atoms with Crippen molar-refractivity contribution >= 4 is 35.8 Å². The fraction of sp³-hybridized carbons (Fsp3) is 0.368. The predicted molar refractivity (Wildman–Crippen MR) is 115 cm³/mol. The van der Waals surface area contributed by atoms with Crippen molar-refractivity contribution in [1.82, 2.24) is 15.5 Å². The van der Waals surface area contributed by atoms with Crippen LogP contribution < -0.4 is 10.6 Å². The van der Waals surface area contributed by atoms with Gasteiger partial charge in [-0.15, -0.1) is 24.0 Å². The van der Waals surface area contributed by atoms with Crippen LogP contribution in [0, 0.1) is 11.6 Å². The summed E-state index contributed by atoms with van der Waals surface area (Å²) in [6, 6.07) is 7.05. The van der Waals surface area contributed by atoms with Gasteiger partial charge in [-0.05, 0) is 36.8 Å². The first-order valence-electron chi connectivity index (χ1n) is 8.59. The maximum Gasteiger partial charge on any atom is 0.243 e. The molecule has 0 saturated carbocycles. The minimum atomic E-state index is -0.909.